The van der Waals surface area contributed by atoms with Crippen LogP contribution in [0.5, 0.6) is 0 Å². The normalized spacial score (nSPS) is 13.9. The van der Waals surface area contributed by atoms with Crippen molar-refractivity contribution in [2.45, 2.75) is 33.5 Å². The molecule has 21 heavy (non-hydrogen) atoms. The second-order valence-corrected chi connectivity index (χ2v) is 7.90. The number of hydrogen-bond acceptors (Lipinski definition) is 4. The molecule has 1 aromatic rings. The van der Waals surface area contributed by atoms with Gasteiger partial charge < -0.3 is 14.2 Å². The van der Waals surface area contributed by atoms with Crippen LogP contribution in [0.3, 0.4) is 0 Å². The fourth-order valence-corrected chi connectivity index (χ4v) is 3.46. The first-order valence-electron chi connectivity index (χ1n) is 7.07. The van der Waals surface area contributed by atoms with Crippen LogP contribution in [0.4, 0.5) is 4.39 Å². The Kier molecular flexibility index (Phi) is 7.01. The Morgan fingerprint density at radius 3 is 2.00 bits per heavy atom. The molecule has 0 saturated carbocycles. The summed E-state index contributed by atoms with van der Waals surface area (Å²) in [6.45, 7) is 7.90. The highest BCUT2D eigenvalue weighted by Crippen LogP contribution is 2.60. The molecule has 0 heterocycles. The first-order valence-corrected chi connectivity index (χ1v) is 8.68. The lowest BCUT2D eigenvalue weighted by atomic mass is 10.2. The van der Waals surface area contributed by atoms with Crippen LogP contribution in [0.15, 0.2) is 24.3 Å². The summed E-state index contributed by atoms with van der Waals surface area (Å²) in [6.07, 6.45) is 0. The zero-order chi connectivity index (χ0) is 16.0. The van der Waals surface area contributed by atoms with Gasteiger partial charge in [-0.1, -0.05) is 45.9 Å². The minimum atomic E-state index is -3.85. The molecule has 0 radical (unpaired) electrons. The van der Waals surface area contributed by atoms with Gasteiger partial charge in [-0.3, -0.25) is 4.57 Å². The molecular weight excluding hydrogens is 294 g/mol. The molecule has 4 nitrogen and oxygen atoms in total. The Hall–Kier alpha value is -0.740. The first kappa shape index (κ1) is 18.3. The van der Waals surface area contributed by atoms with Gasteiger partial charge >= 0.3 is 7.60 Å². The number of halogens is 1. The summed E-state index contributed by atoms with van der Waals surface area (Å²) >= 11 is 0. The maximum absolute atomic E-state index is 13.8. The van der Waals surface area contributed by atoms with E-state index in [0.29, 0.717) is 0 Å². The second-order valence-electron chi connectivity index (χ2n) is 5.81. The van der Waals surface area contributed by atoms with Crippen LogP contribution in [0.25, 0.3) is 0 Å². The van der Waals surface area contributed by atoms with Crippen molar-refractivity contribution < 1.29 is 23.1 Å². The van der Waals surface area contributed by atoms with Crippen LogP contribution in [-0.4, -0.2) is 18.3 Å². The molecule has 0 amide bonds. The topological polar surface area (TPSA) is 55.8 Å². The lowest BCUT2D eigenvalue weighted by Crippen LogP contribution is -2.12. The first-order chi connectivity index (χ1) is 9.76. The van der Waals surface area contributed by atoms with Crippen LogP contribution in [-0.2, 0) is 13.6 Å². The van der Waals surface area contributed by atoms with Crippen molar-refractivity contribution in [1.82, 2.24) is 0 Å². The van der Waals surface area contributed by atoms with E-state index >= 15 is 0 Å². The molecule has 0 aliphatic carbocycles. The van der Waals surface area contributed by atoms with Crippen molar-refractivity contribution in [2.75, 3.05) is 13.2 Å². The van der Waals surface area contributed by atoms with E-state index in [1.165, 1.54) is 18.2 Å². The van der Waals surface area contributed by atoms with Crippen molar-refractivity contribution in [1.29, 1.82) is 0 Å². The second kappa shape index (κ2) is 8.04. The van der Waals surface area contributed by atoms with Crippen LogP contribution in [0.1, 0.15) is 39.1 Å². The van der Waals surface area contributed by atoms with E-state index in [4.69, 9.17) is 9.05 Å². The van der Waals surface area contributed by atoms with Crippen molar-refractivity contribution in [3.63, 3.8) is 0 Å². The molecule has 1 atom stereocenters. The zero-order valence-electron chi connectivity index (χ0n) is 13.0. The maximum atomic E-state index is 13.8. The summed E-state index contributed by atoms with van der Waals surface area (Å²) in [6, 6.07) is 5.65. The maximum Gasteiger partial charge on any atom is 0.363 e. The van der Waals surface area contributed by atoms with Gasteiger partial charge in [0.1, 0.15) is 5.82 Å². The number of benzene rings is 1. The Balaban J connectivity index is 2.99. The molecule has 0 aromatic heterocycles. The molecule has 0 aliphatic heterocycles. The molecule has 120 valence electrons. The van der Waals surface area contributed by atoms with Gasteiger partial charge in [0.05, 0.1) is 13.2 Å². The summed E-state index contributed by atoms with van der Waals surface area (Å²) in [7, 11) is -3.85. The number of aliphatic hydroxyl groups is 1. The predicted octanol–water partition coefficient (Wildman–Crippen LogP) is 4.35. The lowest BCUT2D eigenvalue weighted by molar-refractivity contribution is 0.123. The minimum Gasteiger partial charge on any atom is -0.376 e. The van der Waals surface area contributed by atoms with Gasteiger partial charge in [0.15, 0.2) is 5.85 Å². The molecule has 1 N–H and O–H groups in total. The third-order valence-corrected chi connectivity index (χ3v) is 4.55. The van der Waals surface area contributed by atoms with E-state index in [0.717, 1.165) is 0 Å². The van der Waals surface area contributed by atoms with Gasteiger partial charge in [-0.15, -0.1) is 0 Å². The summed E-state index contributed by atoms with van der Waals surface area (Å²) < 4.78 is 37.2. The average Bonchev–Trinajstić information content (AvgIpc) is 2.42. The van der Waals surface area contributed by atoms with Crippen molar-refractivity contribution >= 4 is 7.60 Å². The standard InChI is InChI=1S/C15H24FO4P/c1-11(2)9-19-21(18,20-10-12(3)4)15(17)13-7-5-6-8-14(13)16/h5-8,11-12,15,17H,9-10H2,1-4H3/t15-/m1/s1. The third-order valence-electron chi connectivity index (χ3n) is 2.66. The lowest BCUT2D eigenvalue weighted by Gasteiger charge is -2.25. The summed E-state index contributed by atoms with van der Waals surface area (Å²) in [5.74, 6) is -2.02. The largest absolute Gasteiger partial charge is 0.376 e. The third kappa shape index (κ3) is 5.51. The van der Waals surface area contributed by atoms with E-state index < -0.39 is 19.3 Å². The Morgan fingerprint density at radius 2 is 1.57 bits per heavy atom. The smallest absolute Gasteiger partial charge is 0.363 e. The quantitative estimate of drug-likeness (QED) is 0.724. The molecule has 0 spiro atoms. The van der Waals surface area contributed by atoms with E-state index in [-0.39, 0.29) is 30.6 Å². The number of rotatable bonds is 8. The fourth-order valence-electron chi connectivity index (χ4n) is 1.54. The summed E-state index contributed by atoms with van der Waals surface area (Å²) in [5, 5.41) is 10.3. The molecular formula is C15H24FO4P. The Bertz CT molecular complexity index is 474. The Morgan fingerprint density at radius 1 is 1.10 bits per heavy atom. The van der Waals surface area contributed by atoms with Crippen LogP contribution in [0.2, 0.25) is 0 Å². The fraction of sp³-hybridized carbons (Fsp3) is 0.600. The SMILES string of the molecule is CC(C)COP(=O)(OCC(C)C)[C@@H](O)c1ccccc1F. The van der Waals surface area contributed by atoms with Crippen molar-refractivity contribution in [2.24, 2.45) is 11.8 Å². The predicted molar refractivity (Wildman–Crippen MR) is 80.5 cm³/mol. The summed E-state index contributed by atoms with van der Waals surface area (Å²) in [5.41, 5.74) is -0.0756. The van der Waals surface area contributed by atoms with Gasteiger partial charge in [-0.2, -0.15) is 0 Å². The average molecular weight is 318 g/mol. The van der Waals surface area contributed by atoms with E-state index in [9.17, 15) is 14.1 Å². The zero-order valence-corrected chi connectivity index (χ0v) is 13.8. The van der Waals surface area contributed by atoms with E-state index in [2.05, 4.69) is 0 Å². The highest BCUT2D eigenvalue weighted by Gasteiger charge is 2.37. The van der Waals surface area contributed by atoms with Gasteiger partial charge in [-0.25, -0.2) is 4.39 Å². The molecule has 0 unspecified atom stereocenters. The molecule has 0 aliphatic rings. The van der Waals surface area contributed by atoms with Crippen LogP contribution < -0.4 is 0 Å². The minimum absolute atomic E-state index is 0.0756. The molecule has 1 rings (SSSR count). The number of hydrogen-bond donors (Lipinski definition) is 1. The van der Waals surface area contributed by atoms with Crippen LogP contribution in [0, 0.1) is 17.7 Å². The molecule has 6 heteroatoms. The van der Waals surface area contributed by atoms with Crippen molar-refractivity contribution in [3.8, 4) is 0 Å². The van der Waals surface area contributed by atoms with Crippen molar-refractivity contribution in [3.05, 3.63) is 35.6 Å². The monoisotopic (exact) mass is 318 g/mol. The van der Waals surface area contributed by atoms with Gasteiger partial charge in [0, 0.05) is 5.56 Å². The van der Waals surface area contributed by atoms with Gasteiger partial charge in [0.25, 0.3) is 0 Å². The molecule has 1 aromatic carbocycles. The molecule has 0 bridgehead atoms. The Labute approximate surface area is 125 Å². The van der Waals surface area contributed by atoms with Gasteiger partial charge in [-0.05, 0) is 17.9 Å². The molecule has 0 fully saturated rings. The van der Waals surface area contributed by atoms with E-state index in [1.807, 2.05) is 27.7 Å². The van der Waals surface area contributed by atoms with Crippen LogP contribution >= 0.6 is 7.60 Å². The highest BCUT2D eigenvalue weighted by atomic mass is 31.2. The highest BCUT2D eigenvalue weighted by molar-refractivity contribution is 7.54. The molecule has 0 saturated heterocycles. The number of aliphatic hydroxyl groups excluding tert-OH is 1. The van der Waals surface area contributed by atoms with E-state index in [1.54, 1.807) is 6.07 Å². The van der Waals surface area contributed by atoms with Gasteiger partial charge in [0.2, 0.25) is 0 Å². The summed E-state index contributed by atoms with van der Waals surface area (Å²) in [4.78, 5) is 0.